The molecule has 1 aromatic carbocycles. The fourth-order valence-corrected chi connectivity index (χ4v) is 2.84. The fraction of sp³-hybridized carbons (Fsp3) is 0.533. The van der Waals surface area contributed by atoms with Gasteiger partial charge in [0.2, 0.25) is 0 Å². The Morgan fingerprint density at radius 2 is 2.06 bits per heavy atom. The maximum Gasteiger partial charge on any atom is 0.150 e. The maximum atomic E-state index is 10.8. The Balaban J connectivity index is 2.24. The lowest BCUT2D eigenvalue weighted by molar-refractivity contribution is 0.112. The number of nitrogens with zero attached hydrogens (tertiary/aromatic N) is 1. The average molecular weight is 231 g/mol. The van der Waals surface area contributed by atoms with Crippen LogP contribution in [0.5, 0.6) is 0 Å². The Morgan fingerprint density at radius 1 is 1.35 bits per heavy atom. The summed E-state index contributed by atoms with van der Waals surface area (Å²) in [5.41, 5.74) is 3.15. The second-order valence-electron chi connectivity index (χ2n) is 4.88. The molecule has 0 bridgehead atoms. The van der Waals surface area contributed by atoms with E-state index in [9.17, 15) is 4.79 Å². The largest absolute Gasteiger partial charge is 0.369 e. The van der Waals surface area contributed by atoms with E-state index >= 15 is 0 Å². The standard InChI is InChI=1S/C15H21NO/c1-3-16(14-6-4-5-7-14)15-9-8-13(11-17)12(2)10-15/h8-11,14H,3-7H2,1-2H3. The minimum atomic E-state index is 0.696. The van der Waals surface area contributed by atoms with E-state index in [1.165, 1.54) is 31.4 Å². The zero-order chi connectivity index (χ0) is 12.3. The van der Waals surface area contributed by atoms with Crippen molar-refractivity contribution in [3.63, 3.8) is 0 Å². The number of carbonyl (C=O) groups is 1. The van der Waals surface area contributed by atoms with Crippen LogP contribution in [0.1, 0.15) is 48.5 Å². The van der Waals surface area contributed by atoms with Gasteiger partial charge in [-0.1, -0.05) is 12.8 Å². The van der Waals surface area contributed by atoms with Crippen LogP contribution in [-0.2, 0) is 0 Å². The van der Waals surface area contributed by atoms with Crippen molar-refractivity contribution in [3.05, 3.63) is 29.3 Å². The van der Waals surface area contributed by atoms with E-state index in [1.807, 2.05) is 13.0 Å². The molecule has 0 heterocycles. The zero-order valence-corrected chi connectivity index (χ0v) is 10.8. The fourth-order valence-electron chi connectivity index (χ4n) is 2.84. The van der Waals surface area contributed by atoms with Gasteiger partial charge in [-0.3, -0.25) is 4.79 Å². The van der Waals surface area contributed by atoms with Crippen molar-refractivity contribution in [1.29, 1.82) is 0 Å². The molecule has 2 nitrogen and oxygen atoms in total. The Hall–Kier alpha value is -1.31. The highest BCUT2D eigenvalue weighted by atomic mass is 16.1. The quantitative estimate of drug-likeness (QED) is 0.738. The Morgan fingerprint density at radius 3 is 2.59 bits per heavy atom. The highest BCUT2D eigenvalue weighted by Crippen LogP contribution is 2.28. The van der Waals surface area contributed by atoms with Crippen LogP contribution in [0.15, 0.2) is 18.2 Å². The first-order valence-corrected chi connectivity index (χ1v) is 6.58. The molecule has 0 amide bonds. The number of anilines is 1. The molecule has 0 spiro atoms. The van der Waals surface area contributed by atoms with Gasteiger partial charge in [0.1, 0.15) is 6.29 Å². The predicted octanol–water partition coefficient (Wildman–Crippen LogP) is 3.58. The van der Waals surface area contributed by atoms with E-state index in [1.54, 1.807) is 0 Å². The topological polar surface area (TPSA) is 20.3 Å². The second kappa shape index (κ2) is 5.35. The molecular formula is C15H21NO. The molecule has 1 aromatic rings. The number of hydrogen-bond donors (Lipinski definition) is 0. The Labute approximate surface area is 104 Å². The van der Waals surface area contributed by atoms with E-state index < -0.39 is 0 Å². The first-order valence-electron chi connectivity index (χ1n) is 6.58. The van der Waals surface area contributed by atoms with Crippen molar-refractivity contribution < 1.29 is 4.79 Å². The summed E-state index contributed by atoms with van der Waals surface area (Å²) in [7, 11) is 0. The number of hydrogen-bond acceptors (Lipinski definition) is 2. The van der Waals surface area contributed by atoms with Gasteiger partial charge in [-0.15, -0.1) is 0 Å². The van der Waals surface area contributed by atoms with E-state index in [-0.39, 0.29) is 0 Å². The number of aryl methyl sites for hydroxylation is 1. The molecule has 0 aliphatic heterocycles. The third kappa shape index (κ3) is 2.51. The van der Waals surface area contributed by atoms with Crippen molar-refractivity contribution >= 4 is 12.0 Å². The van der Waals surface area contributed by atoms with Gasteiger partial charge in [-0.05, 0) is 50.5 Å². The molecule has 0 aromatic heterocycles. The molecule has 0 saturated heterocycles. The molecule has 1 aliphatic rings. The van der Waals surface area contributed by atoms with Gasteiger partial charge in [0.15, 0.2) is 0 Å². The molecule has 92 valence electrons. The van der Waals surface area contributed by atoms with Crippen molar-refractivity contribution in [2.75, 3.05) is 11.4 Å². The summed E-state index contributed by atoms with van der Waals surface area (Å²) in [5.74, 6) is 0. The normalized spacial score (nSPS) is 16.1. The zero-order valence-electron chi connectivity index (χ0n) is 10.8. The summed E-state index contributed by atoms with van der Waals surface area (Å²) >= 11 is 0. The van der Waals surface area contributed by atoms with Crippen LogP contribution in [0, 0.1) is 6.92 Å². The summed E-state index contributed by atoms with van der Waals surface area (Å²) in [5, 5.41) is 0. The molecule has 0 atom stereocenters. The van der Waals surface area contributed by atoms with Gasteiger partial charge in [0.05, 0.1) is 0 Å². The number of rotatable bonds is 4. The number of benzene rings is 1. The Kier molecular flexibility index (Phi) is 3.82. The SMILES string of the molecule is CCN(c1ccc(C=O)c(C)c1)C1CCCC1. The van der Waals surface area contributed by atoms with Crippen LogP contribution in [0.4, 0.5) is 5.69 Å². The lowest BCUT2D eigenvalue weighted by Gasteiger charge is -2.30. The van der Waals surface area contributed by atoms with Crippen molar-refractivity contribution in [3.8, 4) is 0 Å². The van der Waals surface area contributed by atoms with E-state index in [2.05, 4.69) is 24.0 Å². The number of aldehydes is 1. The van der Waals surface area contributed by atoms with Gasteiger partial charge in [0.25, 0.3) is 0 Å². The lowest BCUT2D eigenvalue weighted by atomic mass is 10.1. The predicted molar refractivity (Wildman–Crippen MR) is 71.8 cm³/mol. The van der Waals surface area contributed by atoms with Gasteiger partial charge in [-0.2, -0.15) is 0 Å². The summed E-state index contributed by atoms with van der Waals surface area (Å²) < 4.78 is 0. The maximum absolute atomic E-state index is 10.8. The summed E-state index contributed by atoms with van der Waals surface area (Å²) in [6.45, 7) is 5.27. The molecule has 0 radical (unpaired) electrons. The molecule has 17 heavy (non-hydrogen) atoms. The van der Waals surface area contributed by atoms with Gasteiger partial charge in [-0.25, -0.2) is 0 Å². The molecule has 1 fully saturated rings. The van der Waals surface area contributed by atoms with Crippen LogP contribution >= 0.6 is 0 Å². The first-order chi connectivity index (χ1) is 8.26. The van der Waals surface area contributed by atoms with Crippen molar-refractivity contribution in [1.82, 2.24) is 0 Å². The average Bonchev–Trinajstić information content (AvgIpc) is 2.84. The lowest BCUT2D eigenvalue weighted by Crippen LogP contribution is -2.32. The van der Waals surface area contributed by atoms with E-state index in [0.717, 1.165) is 24.0 Å². The molecule has 0 unspecified atom stereocenters. The van der Waals surface area contributed by atoms with Crippen molar-refractivity contribution in [2.24, 2.45) is 0 Å². The second-order valence-corrected chi connectivity index (χ2v) is 4.88. The molecular weight excluding hydrogens is 210 g/mol. The monoisotopic (exact) mass is 231 g/mol. The summed E-state index contributed by atoms with van der Waals surface area (Å²) in [6.07, 6.45) is 6.26. The summed E-state index contributed by atoms with van der Waals surface area (Å²) in [6, 6.07) is 6.86. The third-order valence-corrected chi connectivity index (χ3v) is 3.82. The van der Waals surface area contributed by atoms with Gasteiger partial charge >= 0.3 is 0 Å². The molecule has 1 saturated carbocycles. The molecule has 0 N–H and O–H groups in total. The van der Waals surface area contributed by atoms with Gasteiger partial charge in [0, 0.05) is 23.8 Å². The van der Waals surface area contributed by atoms with Crippen LogP contribution in [0.25, 0.3) is 0 Å². The van der Waals surface area contributed by atoms with E-state index in [4.69, 9.17) is 0 Å². The first kappa shape index (κ1) is 12.2. The molecule has 2 heteroatoms. The minimum absolute atomic E-state index is 0.696. The van der Waals surface area contributed by atoms with Crippen LogP contribution in [-0.4, -0.2) is 18.9 Å². The third-order valence-electron chi connectivity index (χ3n) is 3.82. The highest BCUT2D eigenvalue weighted by Gasteiger charge is 2.21. The van der Waals surface area contributed by atoms with E-state index in [0.29, 0.717) is 6.04 Å². The van der Waals surface area contributed by atoms with Crippen LogP contribution < -0.4 is 4.90 Å². The molecule has 1 aliphatic carbocycles. The minimum Gasteiger partial charge on any atom is -0.369 e. The highest BCUT2D eigenvalue weighted by molar-refractivity contribution is 5.78. The molecule has 2 rings (SSSR count). The smallest absolute Gasteiger partial charge is 0.150 e. The van der Waals surface area contributed by atoms with Gasteiger partial charge < -0.3 is 4.90 Å². The van der Waals surface area contributed by atoms with Crippen LogP contribution in [0.2, 0.25) is 0 Å². The number of carbonyl (C=O) groups excluding carboxylic acids is 1. The van der Waals surface area contributed by atoms with Crippen LogP contribution in [0.3, 0.4) is 0 Å². The Bertz CT molecular complexity index is 394. The van der Waals surface area contributed by atoms with Crippen molar-refractivity contribution in [2.45, 2.75) is 45.6 Å². The summed E-state index contributed by atoms with van der Waals surface area (Å²) in [4.78, 5) is 13.3.